The molecular weight excluding hydrogens is 367 g/mol. The Morgan fingerprint density at radius 1 is 1.19 bits per heavy atom. The molecule has 0 saturated carbocycles. The number of rotatable bonds is 3. The Morgan fingerprint density at radius 3 is 2.44 bits per heavy atom. The number of carbonyl (C=O) groups is 3. The molecule has 0 aliphatic carbocycles. The maximum atomic E-state index is 12.7. The number of nitrogens with zero attached hydrogens (tertiary/aromatic N) is 1. The number of alkyl halides is 3. The first kappa shape index (κ1) is 20.5. The van der Waals surface area contributed by atoms with E-state index in [1.54, 1.807) is 4.90 Å². The van der Waals surface area contributed by atoms with Gasteiger partial charge in [0.15, 0.2) is 0 Å². The number of carbonyl (C=O) groups excluding carboxylic acids is 3. The summed E-state index contributed by atoms with van der Waals surface area (Å²) in [5.41, 5.74) is -1.03. The van der Waals surface area contributed by atoms with Crippen molar-refractivity contribution < 1.29 is 32.3 Å². The van der Waals surface area contributed by atoms with Crippen LogP contribution in [0.25, 0.3) is 0 Å². The van der Waals surface area contributed by atoms with Crippen LogP contribution in [0.15, 0.2) is 24.3 Å². The Balaban J connectivity index is 1.80. The van der Waals surface area contributed by atoms with Gasteiger partial charge in [-0.2, -0.15) is 13.2 Å². The van der Waals surface area contributed by atoms with E-state index in [0.717, 1.165) is 18.2 Å². The lowest BCUT2D eigenvalue weighted by molar-refractivity contribution is -0.137. The van der Waals surface area contributed by atoms with Crippen molar-refractivity contribution in [3.8, 4) is 0 Å². The summed E-state index contributed by atoms with van der Waals surface area (Å²) in [7, 11) is 1.30. The smallest absolute Gasteiger partial charge is 0.416 e. The van der Waals surface area contributed by atoms with Gasteiger partial charge in [-0.15, -0.1) is 0 Å². The van der Waals surface area contributed by atoms with Gasteiger partial charge in [-0.3, -0.25) is 9.59 Å². The van der Waals surface area contributed by atoms with Crippen molar-refractivity contribution in [2.24, 2.45) is 5.92 Å². The molecule has 0 unspecified atom stereocenters. The largest absolute Gasteiger partial charge is 0.453 e. The van der Waals surface area contributed by atoms with E-state index < -0.39 is 29.6 Å². The Labute approximate surface area is 153 Å². The number of likely N-dealkylation sites (tertiary alicyclic amines) is 1. The normalized spacial score (nSPS) is 15.2. The average Bonchev–Trinajstić information content (AvgIpc) is 2.65. The Hall–Kier alpha value is -2.78. The van der Waals surface area contributed by atoms with Gasteiger partial charge in [0.25, 0.3) is 0 Å². The van der Waals surface area contributed by atoms with Gasteiger partial charge in [-0.05, 0) is 37.0 Å². The number of hydrogen-bond donors (Lipinski definition) is 2. The number of methoxy groups -OCH3 is 1. The third kappa shape index (κ3) is 5.87. The Morgan fingerprint density at radius 2 is 1.85 bits per heavy atom. The van der Waals surface area contributed by atoms with Crippen molar-refractivity contribution in [3.63, 3.8) is 0 Å². The molecule has 0 atom stereocenters. The molecule has 1 aliphatic rings. The van der Waals surface area contributed by atoms with Crippen molar-refractivity contribution in [1.82, 2.24) is 10.2 Å². The maximum Gasteiger partial charge on any atom is 0.416 e. The highest BCUT2D eigenvalue weighted by Crippen LogP contribution is 2.30. The number of ether oxygens (including phenoxy) is 1. The van der Waals surface area contributed by atoms with Crippen molar-refractivity contribution in [2.45, 2.75) is 19.0 Å². The standard InChI is InChI=1S/C17H20F3N3O4/c1-27-16(26)23-7-5-11(6-8-23)10-21-14(24)15(25)22-13-4-2-3-12(9-13)17(18,19)20/h2-4,9,11H,5-8,10H2,1H3,(H,21,24)(H,22,25). The quantitative estimate of drug-likeness (QED) is 0.779. The number of amides is 3. The van der Waals surface area contributed by atoms with Crippen LogP contribution in [0, 0.1) is 5.92 Å². The molecule has 27 heavy (non-hydrogen) atoms. The van der Waals surface area contributed by atoms with Crippen molar-refractivity contribution in [2.75, 3.05) is 32.1 Å². The van der Waals surface area contributed by atoms with Gasteiger partial charge in [-0.1, -0.05) is 6.07 Å². The minimum absolute atomic E-state index is 0.0937. The predicted molar refractivity (Wildman–Crippen MR) is 89.8 cm³/mol. The molecular formula is C17H20F3N3O4. The van der Waals surface area contributed by atoms with Crippen LogP contribution in [0.1, 0.15) is 18.4 Å². The number of piperidine rings is 1. The van der Waals surface area contributed by atoms with Crippen LogP contribution in [0.5, 0.6) is 0 Å². The van der Waals surface area contributed by atoms with Gasteiger partial charge in [0.1, 0.15) is 0 Å². The van der Waals surface area contributed by atoms with Gasteiger partial charge in [0.05, 0.1) is 12.7 Å². The van der Waals surface area contributed by atoms with Crippen LogP contribution in [0.4, 0.5) is 23.7 Å². The van der Waals surface area contributed by atoms with E-state index in [4.69, 9.17) is 0 Å². The molecule has 1 fully saturated rings. The summed E-state index contributed by atoms with van der Waals surface area (Å²) in [6, 6.07) is 4.04. The molecule has 0 radical (unpaired) electrons. The Bertz CT molecular complexity index is 701. The molecule has 0 spiro atoms. The first-order chi connectivity index (χ1) is 12.7. The maximum absolute atomic E-state index is 12.7. The number of nitrogens with one attached hydrogen (secondary N) is 2. The molecule has 10 heteroatoms. The summed E-state index contributed by atoms with van der Waals surface area (Å²) in [4.78, 5) is 36.7. The second-order valence-corrected chi connectivity index (χ2v) is 6.14. The molecule has 1 heterocycles. The monoisotopic (exact) mass is 387 g/mol. The van der Waals surface area contributed by atoms with E-state index in [-0.39, 0.29) is 18.2 Å². The molecule has 3 amide bonds. The van der Waals surface area contributed by atoms with Crippen LogP contribution in [-0.4, -0.2) is 49.6 Å². The lowest BCUT2D eigenvalue weighted by Crippen LogP contribution is -2.43. The molecule has 0 aromatic heterocycles. The summed E-state index contributed by atoms with van der Waals surface area (Å²) in [5.74, 6) is -1.87. The fraction of sp³-hybridized carbons (Fsp3) is 0.471. The summed E-state index contributed by atoms with van der Waals surface area (Å²) < 4.78 is 42.6. The van der Waals surface area contributed by atoms with Crippen LogP contribution in [0.2, 0.25) is 0 Å². The van der Waals surface area contributed by atoms with E-state index in [9.17, 15) is 27.6 Å². The minimum atomic E-state index is -4.54. The SMILES string of the molecule is COC(=O)N1CCC(CNC(=O)C(=O)Nc2cccc(C(F)(F)F)c2)CC1. The van der Waals surface area contributed by atoms with Gasteiger partial charge in [0, 0.05) is 25.3 Å². The fourth-order valence-corrected chi connectivity index (χ4v) is 2.73. The molecule has 1 aromatic rings. The zero-order chi connectivity index (χ0) is 20.0. The summed E-state index contributed by atoms with van der Waals surface area (Å²) in [5, 5.41) is 4.62. The summed E-state index contributed by atoms with van der Waals surface area (Å²) in [6.07, 6.45) is -3.66. The highest BCUT2D eigenvalue weighted by atomic mass is 19.4. The molecule has 2 rings (SSSR count). The number of hydrogen-bond acceptors (Lipinski definition) is 4. The molecule has 7 nitrogen and oxygen atoms in total. The van der Waals surface area contributed by atoms with E-state index in [2.05, 4.69) is 15.4 Å². The van der Waals surface area contributed by atoms with Crippen molar-refractivity contribution in [3.05, 3.63) is 29.8 Å². The first-order valence-corrected chi connectivity index (χ1v) is 8.30. The van der Waals surface area contributed by atoms with E-state index in [1.807, 2.05) is 0 Å². The third-order valence-corrected chi connectivity index (χ3v) is 4.25. The van der Waals surface area contributed by atoms with Gasteiger partial charge >= 0.3 is 24.1 Å². The van der Waals surface area contributed by atoms with Crippen molar-refractivity contribution >= 4 is 23.6 Å². The zero-order valence-electron chi connectivity index (χ0n) is 14.6. The van der Waals surface area contributed by atoms with Crippen LogP contribution in [-0.2, 0) is 20.5 Å². The van der Waals surface area contributed by atoms with Crippen LogP contribution >= 0.6 is 0 Å². The number of halogens is 3. The third-order valence-electron chi connectivity index (χ3n) is 4.25. The zero-order valence-corrected chi connectivity index (χ0v) is 14.6. The average molecular weight is 387 g/mol. The summed E-state index contributed by atoms with van der Waals surface area (Å²) >= 11 is 0. The topological polar surface area (TPSA) is 87.7 Å². The van der Waals surface area contributed by atoms with Gasteiger partial charge in [0.2, 0.25) is 0 Å². The molecule has 1 saturated heterocycles. The molecule has 148 valence electrons. The van der Waals surface area contributed by atoms with E-state index in [1.165, 1.54) is 13.2 Å². The molecule has 1 aromatic carbocycles. The number of anilines is 1. The highest BCUT2D eigenvalue weighted by Gasteiger charge is 2.30. The minimum Gasteiger partial charge on any atom is -0.453 e. The molecule has 1 aliphatic heterocycles. The number of benzene rings is 1. The molecule has 2 N–H and O–H groups in total. The summed E-state index contributed by atoms with van der Waals surface area (Å²) in [6.45, 7) is 1.22. The highest BCUT2D eigenvalue weighted by molar-refractivity contribution is 6.39. The second kappa shape index (κ2) is 8.74. The van der Waals surface area contributed by atoms with Gasteiger partial charge in [-0.25, -0.2) is 4.79 Å². The molecule has 0 bridgehead atoms. The fourth-order valence-electron chi connectivity index (χ4n) is 2.73. The van der Waals surface area contributed by atoms with Gasteiger partial charge < -0.3 is 20.3 Å². The van der Waals surface area contributed by atoms with Crippen LogP contribution < -0.4 is 10.6 Å². The Kier molecular flexibility index (Phi) is 6.65. The van der Waals surface area contributed by atoms with E-state index in [0.29, 0.717) is 25.9 Å². The lowest BCUT2D eigenvalue weighted by atomic mass is 9.97. The van der Waals surface area contributed by atoms with Crippen molar-refractivity contribution in [1.29, 1.82) is 0 Å². The van der Waals surface area contributed by atoms with E-state index >= 15 is 0 Å². The second-order valence-electron chi connectivity index (χ2n) is 6.14. The first-order valence-electron chi connectivity index (χ1n) is 8.30. The predicted octanol–water partition coefficient (Wildman–Crippen LogP) is 2.24. The lowest BCUT2D eigenvalue weighted by Gasteiger charge is -2.30. The van der Waals surface area contributed by atoms with Crippen LogP contribution in [0.3, 0.4) is 0 Å².